The smallest absolute Gasteiger partial charge is 0.135 e. The molecule has 2 heterocycles. The van der Waals surface area contributed by atoms with Crippen molar-refractivity contribution >= 4 is 47.8 Å². The predicted octanol–water partition coefficient (Wildman–Crippen LogP) is 4.40. The van der Waals surface area contributed by atoms with Gasteiger partial charge in [-0.2, -0.15) is 0 Å². The number of benzene rings is 2. The van der Waals surface area contributed by atoms with Crippen molar-refractivity contribution in [2.75, 3.05) is 26.4 Å². The zero-order valence-electron chi connectivity index (χ0n) is 14.2. The van der Waals surface area contributed by atoms with Gasteiger partial charge in [0.1, 0.15) is 36.9 Å². The monoisotopic (exact) mass is 502 g/mol. The first-order chi connectivity index (χ1) is 12.5. The Hall–Kier alpha value is -0.610. The first-order valence-corrected chi connectivity index (χ1v) is 10.3. The number of thiol groups is 2. The van der Waals surface area contributed by atoms with E-state index in [0.717, 1.165) is 54.8 Å². The van der Waals surface area contributed by atoms with E-state index < -0.39 is 0 Å². The van der Waals surface area contributed by atoms with Gasteiger partial charge in [-0.1, -0.05) is 0 Å². The summed E-state index contributed by atoms with van der Waals surface area (Å²) >= 11 is 11.6. The van der Waals surface area contributed by atoms with Crippen LogP contribution in [-0.2, 0) is 9.47 Å². The Kier molecular flexibility index (Phi) is 5.61. The Morgan fingerprint density at radius 1 is 1.08 bits per heavy atom. The van der Waals surface area contributed by atoms with Crippen LogP contribution in [0.4, 0.5) is 0 Å². The third-order valence-corrected chi connectivity index (χ3v) is 6.58. The number of aryl methyl sites for hydroxylation is 1. The maximum absolute atomic E-state index is 5.86. The molecule has 0 radical (unpaired) electrons. The molecule has 26 heavy (non-hydrogen) atoms. The lowest BCUT2D eigenvalue weighted by molar-refractivity contribution is 0.257. The molecule has 4 rings (SSSR count). The molecule has 0 bridgehead atoms. The molecule has 0 aliphatic carbocycles. The van der Waals surface area contributed by atoms with Gasteiger partial charge in [-0.15, -0.1) is 25.3 Å². The van der Waals surface area contributed by atoms with Crippen LogP contribution in [-0.4, -0.2) is 38.6 Å². The van der Waals surface area contributed by atoms with Crippen molar-refractivity contribution in [2.45, 2.75) is 28.9 Å². The highest BCUT2D eigenvalue weighted by Crippen LogP contribution is 2.39. The second-order valence-corrected chi connectivity index (χ2v) is 8.46. The third kappa shape index (κ3) is 4.27. The fraction of sp³-hybridized carbons (Fsp3) is 0.368. The zero-order valence-corrected chi connectivity index (χ0v) is 18.1. The average Bonchev–Trinajstić information content (AvgIpc) is 3.50. The minimum atomic E-state index is 0.223. The van der Waals surface area contributed by atoms with Crippen LogP contribution in [0.2, 0.25) is 0 Å². The number of epoxide rings is 2. The van der Waals surface area contributed by atoms with Gasteiger partial charge in [-0.3, -0.25) is 0 Å². The second kappa shape index (κ2) is 7.79. The molecule has 2 unspecified atom stereocenters. The molecule has 2 saturated heterocycles. The van der Waals surface area contributed by atoms with E-state index in [1.54, 1.807) is 0 Å². The van der Waals surface area contributed by atoms with E-state index in [0.29, 0.717) is 13.2 Å². The second-order valence-electron chi connectivity index (χ2n) is 6.45. The lowest BCUT2D eigenvalue weighted by atomic mass is 10.0. The summed E-state index contributed by atoms with van der Waals surface area (Å²) in [7, 11) is 0. The Morgan fingerprint density at radius 2 is 1.73 bits per heavy atom. The number of hydrogen-bond acceptors (Lipinski definition) is 6. The fourth-order valence-electron chi connectivity index (χ4n) is 2.68. The number of halogens is 1. The quantitative estimate of drug-likeness (QED) is 0.335. The summed E-state index contributed by atoms with van der Waals surface area (Å²) in [5.74, 6) is 1.65. The first-order valence-electron chi connectivity index (χ1n) is 8.37. The summed E-state index contributed by atoms with van der Waals surface area (Å²) in [4.78, 5) is 1.71. The fourth-order valence-corrected chi connectivity index (χ4v) is 4.00. The molecule has 138 valence electrons. The Labute approximate surface area is 177 Å². The molecule has 2 aromatic rings. The van der Waals surface area contributed by atoms with E-state index in [9.17, 15) is 0 Å². The Bertz CT molecular complexity index is 812. The van der Waals surface area contributed by atoms with Crippen molar-refractivity contribution in [3.05, 3.63) is 33.4 Å². The molecule has 0 saturated carbocycles. The number of ether oxygens (including phenoxy) is 4. The van der Waals surface area contributed by atoms with Gasteiger partial charge in [0, 0.05) is 9.79 Å². The molecular formula is C19H19IO4S2. The SMILES string of the molecule is Cc1cc(-c2ccc(OCC3CO3)c(I)c2S)cc(S)c1OCC1CO1. The van der Waals surface area contributed by atoms with Crippen LogP contribution < -0.4 is 9.47 Å². The molecule has 2 aliphatic heterocycles. The van der Waals surface area contributed by atoms with Crippen LogP contribution in [0.3, 0.4) is 0 Å². The molecule has 0 aromatic heterocycles. The van der Waals surface area contributed by atoms with E-state index in [1.165, 1.54) is 0 Å². The summed E-state index contributed by atoms with van der Waals surface area (Å²) in [6, 6.07) is 8.14. The minimum Gasteiger partial charge on any atom is -0.490 e. The van der Waals surface area contributed by atoms with Gasteiger partial charge >= 0.3 is 0 Å². The topological polar surface area (TPSA) is 43.5 Å². The molecule has 0 N–H and O–H groups in total. The van der Waals surface area contributed by atoms with Gasteiger partial charge in [0.05, 0.1) is 16.8 Å². The Balaban J connectivity index is 1.58. The molecule has 2 fully saturated rings. The van der Waals surface area contributed by atoms with Crippen LogP contribution >= 0.6 is 47.8 Å². The molecule has 0 spiro atoms. The Morgan fingerprint density at radius 3 is 2.35 bits per heavy atom. The van der Waals surface area contributed by atoms with Crippen LogP contribution in [0.1, 0.15) is 5.56 Å². The molecule has 4 nitrogen and oxygen atoms in total. The van der Waals surface area contributed by atoms with Gasteiger partial charge in [0.2, 0.25) is 0 Å². The van der Waals surface area contributed by atoms with Crippen molar-refractivity contribution in [2.24, 2.45) is 0 Å². The first kappa shape index (κ1) is 18.7. The molecule has 0 amide bonds. The van der Waals surface area contributed by atoms with Crippen molar-refractivity contribution in [3.63, 3.8) is 0 Å². The largest absolute Gasteiger partial charge is 0.490 e. The van der Waals surface area contributed by atoms with E-state index in [2.05, 4.69) is 41.3 Å². The number of rotatable bonds is 7. The highest BCUT2D eigenvalue weighted by molar-refractivity contribution is 14.1. The normalized spacial score (nSPS) is 20.8. The minimum absolute atomic E-state index is 0.223. The van der Waals surface area contributed by atoms with Gasteiger partial charge < -0.3 is 18.9 Å². The third-order valence-electron chi connectivity index (χ3n) is 4.29. The summed E-state index contributed by atoms with van der Waals surface area (Å²) in [6.45, 7) is 4.75. The van der Waals surface area contributed by atoms with E-state index in [-0.39, 0.29) is 12.2 Å². The lowest BCUT2D eigenvalue weighted by Crippen LogP contribution is -2.06. The van der Waals surface area contributed by atoms with E-state index in [1.807, 2.05) is 25.1 Å². The van der Waals surface area contributed by atoms with Crippen LogP contribution in [0, 0.1) is 10.5 Å². The maximum Gasteiger partial charge on any atom is 0.135 e. The van der Waals surface area contributed by atoms with Crippen molar-refractivity contribution < 1.29 is 18.9 Å². The zero-order chi connectivity index (χ0) is 18.3. The predicted molar refractivity (Wildman–Crippen MR) is 114 cm³/mol. The molecular weight excluding hydrogens is 483 g/mol. The summed E-state index contributed by atoms with van der Waals surface area (Å²) < 4.78 is 23.1. The average molecular weight is 502 g/mol. The van der Waals surface area contributed by atoms with Gasteiger partial charge in [0.15, 0.2) is 0 Å². The molecule has 7 heteroatoms. The highest BCUT2D eigenvalue weighted by atomic mass is 127. The van der Waals surface area contributed by atoms with E-state index >= 15 is 0 Å². The van der Waals surface area contributed by atoms with Crippen molar-refractivity contribution in [1.82, 2.24) is 0 Å². The van der Waals surface area contributed by atoms with Crippen LogP contribution in [0.15, 0.2) is 34.1 Å². The summed E-state index contributed by atoms with van der Waals surface area (Å²) in [6.07, 6.45) is 0.456. The van der Waals surface area contributed by atoms with Crippen LogP contribution in [0.5, 0.6) is 11.5 Å². The summed E-state index contributed by atoms with van der Waals surface area (Å²) in [5, 5.41) is 0. The van der Waals surface area contributed by atoms with Crippen molar-refractivity contribution in [3.8, 4) is 22.6 Å². The maximum atomic E-state index is 5.86. The molecule has 2 aliphatic rings. The van der Waals surface area contributed by atoms with Crippen LogP contribution in [0.25, 0.3) is 11.1 Å². The lowest BCUT2D eigenvalue weighted by Gasteiger charge is -2.16. The van der Waals surface area contributed by atoms with Gasteiger partial charge in [-0.25, -0.2) is 0 Å². The summed E-state index contributed by atoms with van der Waals surface area (Å²) in [5.41, 5.74) is 3.15. The molecule has 2 atom stereocenters. The van der Waals surface area contributed by atoms with E-state index in [4.69, 9.17) is 31.6 Å². The van der Waals surface area contributed by atoms with Gasteiger partial charge in [0.25, 0.3) is 0 Å². The van der Waals surface area contributed by atoms with Gasteiger partial charge in [-0.05, 0) is 70.5 Å². The molecule has 2 aromatic carbocycles. The number of hydrogen-bond donors (Lipinski definition) is 2. The van der Waals surface area contributed by atoms with Crippen molar-refractivity contribution in [1.29, 1.82) is 0 Å². The highest BCUT2D eigenvalue weighted by Gasteiger charge is 2.25. The standard InChI is InChI=1S/C19H19IO4S2/c1-10-4-11(5-16(25)18(10)24-9-13-7-22-13)14-2-3-15(17(20)19(14)26)23-8-12-6-21-12/h2-5,12-13,25-26H,6-9H2,1H3.